The molecule has 0 atom stereocenters. The largest absolute Gasteiger partial charge is 0.309 e. The molecular weight excluding hydrogens is 801 g/mol. The zero-order chi connectivity index (χ0) is 44.5. The van der Waals surface area contributed by atoms with Crippen molar-refractivity contribution in [1.29, 1.82) is 0 Å². The molecule has 12 rings (SSSR count). The Balaban J connectivity index is 0.861. The molecule has 9 aromatic carbocycles. The molecule has 0 saturated heterocycles. The predicted octanol–water partition coefficient (Wildman–Crippen LogP) is 16.2. The van der Waals surface area contributed by atoms with Crippen molar-refractivity contribution in [1.82, 2.24) is 19.1 Å². The molecule has 12 aromatic rings. The van der Waals surface area contributed by atoms with Crippen LogP contribution in [0.25, 0.3) is 111 Å². The van der Waals surface area contributed by atoms with Gasteiger partial charge in [-0.15, -0.1) is 0 Å². The molecular formula is C62H46N4. The van der Waals surface area contributed by atoms with Crippen LogP contribution in [0.3, 0.4) is 0 Å². The van der Waals surface area contributed by atoms with E-state index in [1.54, 1.807) is 0 Å². The minimum absolute atomic E-state index is 0.724. The Labute approximate surface area is 384 Å². The Bertz CT molecular complexity index is 3700. The number of nitrogens with zero attached hydrogens (tertiary/aromatic N) is 4. The van der Waals surface area contributed by atoms with Crippen LogP contribution in [0, 0.1) is 27.7 Å². The maximum absolute atomic E-state index is 5.08. The summed E-state index contributed by atoms with van der Waals surface area (Å²) < 4.78 is 4.86. The second kappa shape index (κ2) is 15.7. The Morgan fingerprint density at radius 3 is 1.32 bits per heavy atom. The number of hydrogen-bond donors (Lipinski definition) is 0. The smallest absolute Gasteiger partial charge is 0.160 e. The molecule has 0 bridgehead atoms. The Kier molecular flexibility index (Phi) is 9.35. The van der Waals surface area contributed by atoms with E-state index in [4.69, 9.17) is 9.97 Å². The molecule has 0 saturated carbocycles. The molecule has 0 aliphatic heterocycles. The number of para-hydroxylation sites is 3. The van der Waals surface area contributed by atoms with Crippen molar-refractivity contribution >= 4 is 43.6 Å². The first-order chi connectivity index (χ1) is 32.3. The fourth-order valence-electron chi connectivity index (χ4n) is 9.89. The summed E-state index contributed by atoms with van der Waals surface area (Å²) in [4.78, 5) is 10.1. The van der Waals surface area contributed by atoms with E-state index in [1.807, 2.05) is 0 Å². The number of benzene rings is 9. The fourth-order valence-corrected chi connectivity index (χ4v) is 9.89. The van der Waals surface area contributed by atoms with Crippen LogP contribution >= 0.6 is 0 Å². The highest BCUT2D eigenvalue weighted by atomic mass is 15.0. The van der Waals surface area contributed by atoms with Crippen LogP contribution in [0.5, 0.6) is 0 Å². The summed E-state index contributed by atoms with van der Waals surface area (Å²) in [7, 11) is 0. The maximum Gasteiger partial charge on any atom is 0.160 e. The van der Waals surface area contributed by atoms with Gasteiger partial charge in [0.25, 0.3) is 0 Å². The highest BCUT2D eigenvalue weighted by molar-refractivity contribution is 6.12. The second-order valence-electron chi connectivity index (χ2n) is 17.7. The van der Waals surface area contributed by atoms with E-state index in [0.29, 0.717) is 0 Å². The molecule has 0 unspecified atom stereocenters. The molecule has 0 fully saturated rings. The first-order valence-corrected chi connectivity index (χ1v) is 22.7. The molecule has 0 N–H and O–H groups in total. The average molecular weight is 847 g/mol. The summed E-state index contributed by atoms with van der Waals surface area (Å²) in [5.74, 6) is 0.724. The lowest BCUT2D eigenvalue weighted by molar-refractivity contribution is 1.14. The van der Waals surface area contributed by atoms with Crippen molar-refractivity contribution in [3.63, 3.8) is 0 Å². The van der Waals surface area contributed by atoms with Crippen LogP contribution < -0.4 is 0 Å². The van der Waals surface area contributed by atoms with Crippen molar-refractivity contribution in [2.45, 2.75) is 27.7 Å². The molecule has 4 heteroatoms. The van der Waals surface area contributed by atoms with Crippen LogP contribution in [0.4, 0.5) is 0 Å². The molecule has 0 amide bonds. The van der Waals surface area contributed by atoms with Gasteiger partial charge in [-0.3, -0.25) is 0 Å². The predicted molar refractivity (Wildman–Crippen MR) is 277 cm³/mol. The molecule has 314 valence electrons. The Hall–Kier alpha value is -8.34. The van der Waals surface area contributed by atoms with Gasteiger partial charge in [0.1, 0.15) is 0 Å². The third-order valence-corrected chi connectivity index (χ3v) is 13.4. The third kappa shape index (κ3) is 6.69. The summed E-state index contributed by atoms with van der Waals surface area (Å²) in [6, 6.07) is 74.8. The number of aryl methyl sites for hydroxylation is 4. The minimum atomic E-state index is 0.724. The lowest BCUT2D eigenvalue weighted by Crippen LogP contribution is -1.99. The first-order valence-electron chi connectivity index (χ1n) is 22.7. The summed E-state index contributed by atoms with van der Waals surface area (Å²) in [6.07, 6.45) is 0. The van der Waals surface area contributed by atoms with Gasteiger partial charge < -0.3 is 9.13 Å². The number of hydrogen-bond acceptors (Lipinski definition) is 2. The van der Waals surface area contributed by atoms with Gasteiger partial charge in [-0.2, -0.15) is 0 Å². The van der Waals surface area contributed by atoms with Gasteiger partial charge in [-0.1, -0.05) is 163 Å². The van der Waals surface area contributed by atoms with Crippen molar-refractivity contribution in [2.75, 3.05) is 0 Å². The summed E-state index contributed by atoms with van der Waals surface area (Å²) in [5.41, 5.74) is 21.8. The lowest BCUT2D eigenvalue weighted by atomic mass is 9.95. The molecule has 4 nitrogen and oxygen atoms in total. The molecule has 0 aliphatic rings. The molecule has 3 heterocycles. The van der Waals surface area contributed by atoms with E-state index in [0.717, 1.165) is 45.2 Å². The van der Waals surface area contributed by atoms with E-state index in [-0.39, 0.29) is 0 Å². The zero-order valence-corrected chi connectivity index (χ0v) is 37.4. The number of aromatic nitrogens is 4. The van der Waals surface area contributed by atoms with Crippen molar-refractivity contribution in [3.05, 3.63) is 229 Å². The molecule has 66 heavy (non-hydrogen) atoms. The molecule has 0 radical (unpaired) electrons. The maximum atomic E-state index is 5.08. The topological polar surface area (TPSA) is 35.6 Å². The molecule has 3 aromatic heterocycles. The Morgan fingerprint density at radius 2 is 0.758 bits per heavy atom. The van der Waals surface area contributed by atoms with Crippen molar-refractivity contribution in [2.24, 2.45) is 0 Å². The van der Waals surface area contributed by atoms with Crippen LogP contribution in [-0.4, -0.2) is 19.1 Å². The van der Waals surface area contributed by atoms with Gasteiger partial charge in [-0.05, 0) is 116 Å². The van der Waals surface area contributed by atoms with E-state index in [9.17, 15) is 0 Å². The van der Waals surface area contributed by atoms with E-state index < -0.39 is 0 Å². The quantitative estimate of drug-likeness (QED) is 0.160. The summed E-state index contributed by atoms with van der Waals surface area (Å²) >= 11 is 0. The van der Waals surface area contributed by atoms with Gasteiger partial charge in [0.05, 0.1) is 33.5 Å². The van der Waals surface area contributed by atoms with Gasteiger partial charge in [0.2, 0.25) is 0 Å². The van der Waals surface area contributed by atoms with Crippen molar-refractivity contribution in [3.8, 4) is 67.5 Å². The van der Waals surface area contributed by atoms with E-state index >= 15 is 0 Å². The van der Waals surface area contributed by atoms with Gasteiger partial charge in [0.15, 0.2) is 5.82 Å². The Morgan fingerprint density at radius 1 is 0.318 bits per heavy atom. The zero-order valence-electron chi connectivity index (χ0n) is 37.4. The van der Waals surface area contributed by atoms with Crippen LogP contribution in [0.15, 0.2) is 206 Å². The van der Waals surface area contributed by atoms with Crippen LogP contribution in [0.1, 0.15) is 22.3 Å². The standard InChI is InChI=1S/C62H46N4/c1-39-17-21-46(22-18-39)55-38-56(64-62(63-55)48-23-19-40(2)20-24-48)47-31-27-44(28-32-47)43-25-29-45(30-26-43)53-35-42(4)61(36-41(53)3)66-59-16-10-7-13-52(59)54-37-49(33-34-60(54)66)65-57-14-8-5-11-50(57)51-12-6-9-15-58(51)65/h5-38H,1-4H3. The highest BCUT2D eigenvalue weighted by Gasteiger charge is 2.19. The number of fused-ring (bicyclic) bond motifs is 6. The van der Waals surface area contributed by atoms with Crippen LogP contribution in [0.2, 0.25) is 0 Å². The van der Waals surface area contributed by atoms with E-state index in [1.165, 1.54) is 88.2 Å². The normalized spacial score (nSPS) is 11.6. The SMILES string of the molecule is Cc1ccc(-c2cc(-c3ccc(-c4ccc(-c5cc(C)c(-n6c7ccccc7c7cc(-n8c9ccccc9c9ccccc98)ccc76)cc5C)cc4)cc3)nc(-c3ccc(C)cc3)n2)cc1. The average Bonchev–Trinajstić information content (AvgIpc) is 3.87. The van der Waals surface area contributed by atoms with Gasteiger partial charge in [-0.25, -0.2) is 9.97 Å². The van der Waals surface area contributed by atoms with E-state index in [2.05, 4.69) is 243 Å². The van der Waals surface area contributed by atoms with Gasteiger partial charge in [0, 0.05) is 49.6 Å². The number of rotatable bonds is 7. The molecule has 0 aliphatic carbocycles. The lowest BCUT2D eigenvalue weighted by Gasteiger charge is -2.16. The second-order valence-corrected chi connectivity index (χ2v) is 17.7. The third-order valence-electron chi connectivity index (χ3n) is 13.4. The molecule has 0 spiro atoms. The summed E-state index contributed by atoms with van der Waals surface area (Å²) in [6.45, 7) is 8.69. The highest BCUT2D eigenvalue weighted by Crippen LogP contribution is 2.39. The first kappa shape index (κ1) is 39.3. The summed E-state index contributed by atoms with van der Waals surface area (Å²) in [5, 5.41) is 5.03. The fraction of sp³-hybridized carbons (Fsp3) is 0.0645. The monoisotopic (exact) mass is 846 g/mol. The van der Waals surface area contributed by atoms with Crippen molar-refractivity contribution < 1.29 is 0 Å². The van der Waals surface area contributed by atoms with Gasteiger partial charge >= 0.3 is 0 Å². The minimum Gasteiger partial charge on any atom is -0.309 e. The van der Waals surface area contributed by atoms with Crippen LogP contribution in [-0.2, 0) is 0 Å².